The van der Waals surface area contributed by atoms with E-state index in [0.29, 0.717) is 0 Å². The monoisotopic (exact) mass is 225 g/mol. The minimum atomic E-state index is 0.801. The summed E-state index contributed by atoms with van der Waals surface area (Å²) in [5.41, 5.74) is 7.26. The molecule has 0 fully saturated rings. The minimum absolute atomic E-state index is 0.801. The Morgan fingerprint density at radius 1 is 1.41 bits per heavy atom. The first kappa shape index (κ1) is 13.1. The average molecular weight is 225 g/mol. The summed E-state index contributed by atoms with van der Waals surface area (Å²) in [4.78, 5) is 2.00. The molecule has 0 spiro atoms. The number of nitrogens with zero attached hydrogens (tertiary/aromatic N) is 1. The molecule has 17 heavy (non-hydrogen) atoms. The van der Waals surface area contributed by atoms with E-state index in [1.54, 1.807) is 0 Å². The second-order valence-electron chi connectivity index (χ2n) is 4.22. The van der Waals surface area contributed by atoms with Crippen molar-refractivity contribution in [2.45, 2.75) is 6.42 Å². The zero-order valence-corrected chi connectivity index (χ0v) is 10.7. The summed E-state index contributed by atoms with van der Waals surface area (Å²) in [6, 6.07) is 0. The van der Waals surface area contributed by atoms with Gasteiger partial charge in [-0.2, -0.15) is 0 Å². The van der Waals surface area contributed by atoms with E-state index in [1.165, 1.54) is 0 Å². The predicted molar refractivity (Wildman–Crippen MR) is 75.6 cm³/mol. The maximum Gasteiger partial charge on any atom is 0.00645 e. The average Bonchev–Trinajstić information content (AvgIpc) is 2.47. The molecule has 0 atom stereocenters. The molecule has 1 aliphatic carbocycles. The van der Waals surface area contributed by atoms with Crippen LogP contribution in [0.25, 0.3) is 0 Å². The molecule has 1 rings (SSSR count). The van der Waals surface area contributed by atoms with Crippen molar-refractivity contribution >= 4 is 0 Å². The molecule has 0 unspecified atom stereocenters. The van der Waals surface area contributed by atoms with Crippen LogP contribution in [0.15, 0.2) is 78.3 Å². The number of allylic oxidation sites excluding steroid dienone is 8. The van der Waals surface area contributed by atoms with Gasteiger partial charge in [-0.05, 0) is 22.8 Å². The highest BCUT2D eigenvalue weighted by atomic mass is 15.0. The van der Waals surface area contributed by atoms with Gasteiger partial charge in [-0.3, -0.25) is 0 Å². The largest absolute Gasteiger partial charge is 0.383 e. The second kappa shape index (κ2) is 5.93. The van der Waals surface area contributed by atoms with Gasteiger partial charge in [0.25, 0.3) is 0 Å². The first-order valence-corrected chi connectivity index (χ1v) is 5.54. The number of hydrogen-bond donors (Lipinski definition) is 0. The van der Waals surface area contributed by atoms with Crippen molar-refractivity contribution in [3.05, 3.63) is 78.3 Å². The summed E-state index contributed by atoms with van der Waals surface area (Å²) in [5, 5.41) is 0. The lowest BCUT2D eigenvalue weighted by Gasteiger charge is -2.09. The molecule has 0 bridgehead atoms. The molecule has 0 saturated heterocycles. The molecule has 0 saturated carbocycles. The molecule has 0 N–H and O–H groups in total. The zero-order valence-electron chi connectivity index (χ0n) is 10.7. The van der Waals surface area contributed by atoms with Crippen LogP contribution in [0.2, 0.25) is 0 Å². The number of rotatable bonds is 3. The summed E-state index contributed by atoms with van der Waals surface area (Å²) < 4.78 is 0. The molecular formula is C16H19N. The number of hydrogen-bond acceptors (Lipinski definition) is 1. The summed E-state index contributed by atoms with van der Waals surface area (Å²) >= 11 is 0. The van der Waals surface area contributed by atoms with Gasteiger partial charge in [0.1, 0.15) is 0 Å². The Morgan fingerprint density at radius 3 is 2.65 bits per heavy atom. The topological polar surface area (TPSA) is 3.24 Å². The van der Waals surface area contributed by atoms with Crippen LogP contribution in [0.5, 0.6) is 0 Å². The highest BCUT2D eigenvalue weighted by molar-refractivity contribution is 5.52. The van der Waals surface area contributed by atoms with Crippen LogP contribution >= 0.6 is 0 Å². The lowest BCUT2D eigenvalue weighted by atomic mass is 10.0. The van der Waals surface area contributed by atoms with Crippen LogP contribution in [0.3, 0.4) is 0 Å². The molecular weight excluding hydrogens is 206 g/mol. The van der Waals surface area contributed by atoms with E-state index < -0.39 is 0 Å². The van der Waals surface area contributed by atoms with Gasteiger partial charge in [0.05, 0.1) is 0 Å². The van der Waals surface area contributed by atoms with E-state index >= 15 is 0 Å². The summed E-state index contributed by atoms with van der Waals surface area (Å²) in [6.45, 7) is 11.6. The van der Waals surface area contributed by atoms with Crippen molar-refractivity contribution in [2.24, 2.45) is 0 Å². The van der Waals surface area contributed by atoms with Crippen molar-refractivity contribution in [3.8, 4) is 0 Å². The fourth-order valence-electron chi connectivity index (χ4n) is 1.61. The van der Waals surface area contributed by atoms with Gasteiger partial charge in [0.2, 0.25) is 0 Å². The third kappa shape index (κ3) is 3.82. The quantitative estimate of drug-likeness (QED) is 0.522. The highest BCUT2D eigenvalue weighted by Gasteiger charge is 2.05. The standard InChI is InChI=1S/C16H19N/c1-6-14-10-13(3)8-9-16(11-14)15(7-2)12-17(4)5/h7-9,11-12H,1-3,10H2,4-5H3/b15-12+. The first-order chi connectivity index (χ1) is 8.06. The van der Waals surface area contributed by atoms with Gasteiger partial charge in [-0.25, -0.2) is 0 Å². The Kier molecular flexibility index (Phi) is 4.56. The van der Waals surface area contributed by atoms with Crippen molar-refractivity contribution < 1.29 is 0 Å². The Morgan fingerprint density at radius 2 is 2.12 bits per heavy atom. The van der Waals surface area contributed by atoms with Crippen molar-refractivity contribution in [2.75, 3.05) is 14.1 Å². The van der Waals surface area contributed by atoms with Crippen LogP contribution in [0, 0.1) is 0 Å². The lowest BCUT2D eigenvalue weighted by molar-refractivity contribution is 0.561. The normalized spacial score (nSPS) is 16.1. The molecule has 0 aliphatic heterocycles. The highest BCUT2D eigenvalue weighted by Crippen LogP contribution is 2.23. The first-order valence-electron chi connectivity index (χ1n) is 5.54. The Bertz CT molecular complexity index is 464. The van der Waals surface area contributed by atoms with E-state index in [4.69, 9.17) is 0 Å². The third-order valence-corrected chi connectivity index (χ3v) is 2.42. The smallest absolute Gasteiger partial charge is 0.00645 e. The molecule has 0 amide bonds. The maximum absolute atomic E-state index is 3.99. The van der Waals surface area contributed by atoms with E-state index in [0.717, 1.165) is 28.7 Å². The lowest BCUT2D eigenvalue weighted by Crippen LogP contribution is -2.03. The van der Waals surface area contributed by atoms with E-state index in [9.17, 15) is 0 Å². The van der Waals surface area contributed by atoms with Crippen molar-refractivity contribution in [1.82, 2.24) is 4.90 Å². The van der Waals surface area contributed by atoms with Crippen LogP contribution in [0.4, 0.5) is 0 Å². The summed E-state index contributed by atoms with van der Waals surface area (Å²) in [7, 11) is 3.99. The predicted octanol–water partition coefficient (Wildman–Crippen LogP) is 3.77. The van der Waals surface area contributed by atoms with Gasteiger partial charge in [-0.15, -0.1) is 5.73 Å². The van der Waals surface area contributed by atoms with E-state index in [1.807, 2.05) is 37.3 Å². The summed E-state index contributed by atoms with van der Waals surface area (Å²) in [6.07, 6.45) is 10.9. The molecule has 88 valence electrons. The fraction of sp³-hybridized carbons (Fsp3) is 0.188. The van der Waals surface area contributed by atoms with Crippen LogP contribution < -0.4 is 0 Å². The Labute approximate surface area is 104 Å². The maximum atomic E-state index is 3.99. The zero-order chi connectivity index (χ0) is 12.8. The van der Waals surface area contributed by atoms with Crippen LogP contribution in [-0.2, 0) is 0 Å². The second-order valence-corrected chi connectivity index (χ2v) is 4.22. The van der Waals surface area contributed by atoms with Gasteiger partial charge in [0.15, 0.2) is 0 Å². The molecule has 0 aromatic carbocycles. The van der Waals surface area contributed by atoms with Gasteiger partial charge in [-0.1, -0.05) is 43.5 Å². The SMILES string of the molecule is C=C=C1C=C(/C(C=C)=C/N(C)C)C=CC(=C)C1. The third-order valence-electron chi connectivity index (χ3n) is 2.42. The van der Waals surface area contributed by atoms with E-state index in [-0.39, 0.29) is 0 Å². The van der Waals surface area contributed by atoms with Gasteiger partial charge < -0.3 is 4.90 Å². The van der Waals surface area contributed by atoms with Crippen molar-refractivity contribution in [3.63, 3.8) is 0 Å². The molecule has 0 aromatic heterocycles. The van der Waals surface area contributed by atoms with Gasteiger partial charge >= 0.3 is 0 Å². The molecule has 1 nitrogen and oxygen atoms in total. The van der Waals surface area contributed by atoms with Crippen molar-refractivity contribution in [1.29, 1.82) is 0 Å². The van der Waals surface area contributed by atoms with E-state index in [2.05, 4.69) is 37.6 Å². The molecule has 1 heteroatoms. The summed E-state index contributed by atoms with van der Waals surface area (Å²) in [5.74, 6) is 0. The Hall–Kier alpha value is -1.98. The molecule has 0 aromatic rings. The van der Waals surface area contributed by atoms with Crippen LogP contribution in [-0.4, -0.2) is 19.0 Å². The molecule has 0 radical (unpaired) electrons. The molecule has 0 heterocycles. The Balaban J connectivity index is 3.21. The van der Waals surface area contributed by atoms with Crippen LogP contribution in [0.1, 0.15) is 6.42 Å². The fourth-order valence-corrected chi connectivity index (χ4v) is 1.61. The molecule has 1 aliphatic rings. The van der Waals surface area contributed by atoms with Gasteiger partial charge in [0, 0.05) is 26.7 Å². The minimum Gasteiger partial charge on any atom is -0.383 e.